The molecular weight excluding hydrogens is 390 g/mol. The summed E-state index contributed by atoms with van der Waals surface area (Å²) in [6.45, 7) is 5.58. The van der Waals surface area contributed by atoms with Crippen molar-refractivity contribution >= 4 is 17.0 Å². The van der Waals surface area contributed by atoms with Crippen LogP contribution in [0.4, 0.5) is 0 Å². The van der Waals surface area contributed by atoms with Crippen LogP contribution in [0.15, 0.2) is 41.4 Å². The summed E-state index contributed by atoms with van der Waals surface area (Å²) in [7, 11) is 5.20. The molecule has 0 saturated carbocycles. The molecule has 7 heteroatoms. The highest BCUT2D eigenvalue weighted by Crippen LogP contribution is 2.33. The van der Waals surface area contributed by atoms with Crippen LogP contribution >= 0.6 is 0 Å². The predicted octanol–water partition coefficient (Wildman–Crippen LogP) is 3.39. The zero-order valence-electron chi connectivity index (χ0n) is 18.8. The highest BCUT2D eigenvalue weighted by atomic mass is 16.5. The van der Waals surface area contributed by atoms with Crippen molar-refractivity contribution in [2.45, 2.75) is 32.9 Å². The maximum absolute atomic E-state index is 5.48. The topological polar surface area (TPSA) is 63.9 Å². The molecule has 0 spiro atoms. The monoisotopic (exact) mass is 421 g/mol. The van der Waals surface area contributed by atoms with Crippen LogP contribution in [0, 0.1) is 6.92 Å². The maximum Gasteiger partial charge on any atom is 0.193 e. The molecule has 0 radical (unpaired) electrons. The second kappa shape index (κ2) is 9.29. The number of para-hydroxylation sites is 2. The molecule has 1 aromatic heterocycles. The van der Waals surface area contributed by atoms with Crippen molar-refractivity contribution in [2.75, 3.05) is 34.4 Å². The zero-order chi connectivity index (χ0) is 21.8. The van der Waals surface area contributed by atoms with Crippen LogP contribution in [-0.4, -0.2) is 54.8 Å². The van der Waals surface area contributed by atoms with Crippen molar-refractivity contribution in [3.8, 4) is 11.5 Å². The van der Waals surface area contributed by atoms with Gasteiger partial charge >= 0.3 is 0 Å². The Morgan fingerprint density at radius 1 is 1.13 bits per heavy atom. The lowest BCUT2D eigenvalue weighted by molar-refractivity contribution is 0.346. The van der Waals surface area contributed by atoms with Crippen molar-refractivity contribution < 1.29 is 9.47 Å². The minimum Gasteiger partial charge on any atom is -0.493 e. The number of methoxy groups -OCH3 is 2. The SMILES string of the molecule is CN=C(NCCCn1c(C)nc2ccccc21)N1CCc2cc(OC)c(OC)cc2C1. The number of rotatable bonds is 6. The molecule has 164 valence electrons. The Bertz CT molecular complexity index is 1090. The van der Waals surface area contributed by atoms with Crippen LogP contribution in [0.3, 0.4) is 0 Å². The van der Waals surface area contributed by atoms with Crippen molar-refractivity contribution in [3.05, 3.63) is 53.3 Å². The van der Waals surface area contributed by atoms with Gasteiger partial charge in [0.05, 0.1) is 25.3 Å². The van der Waals surface area contributed by atoms with Crippen LogP contribution in [0.2, 0.25) is 0 Å². The maximum atomic E-state index is 5.48. The molecule has 4 rings (SSSR count). The minimum absolute atomic E-state index is 0.772. The molecule has 0 amide bonds. The van der Waals surface area contributed by atoms with Crippen LogP contribution in [0.5, 0.6) is 11.5 Å². The van der Waals surface area contributed by atoms with Crippen LogP contribution < -0.4 is 14.8 Å². The molecular formula is C24H31N5O2. The number of benzene rings is 2. The molecule has 1 aliphatic rings. The fourth-order valence-electron chi connectivity index (χ4n) is 4.31. The van der Waals surface area contributed by atoms with Crippen molar-refractivity contribution in [2.24, 2.45) is 4.99 Å². The molecule has 1 aliphatic heterocycles. The number of ether oxygens (including phenoxy) is 2. The van der Waals surface area contributed by atoms with E-state index in [4.69, 9.17) is 9.47 Å². The number of fused-ring (bicyclic) bond motifs is 2. The van der Waals surface area contributed by atoms with Gasteiger partial charge < -0.3 is 24.3 Å². The largest absolute Gasteiger partial charge is 0.493 e. The lowest BCUT2D eigenvalue weighted by Crippen LogP contribution is -2.44. The lowest BCUT2D eigenvalue weighted by Gasteiger charge is -2.32. The van der Waals surface area contributed by atoms with Gasteiger partial charge in [0.1, 0.15) is 5.82 Å². The van der Waals surface area contributed by atoms with E-state index in [9.17, 15) is 0 Å². The van der Waals surface area contributed by atoms with Crippen molar-refractivity contribution in [1.29, 1.82) is 0 Å². The number of imidazole rings is 1. The standard InChI is InChI=1S/C24H31N5O2/c1-17-27-20-8-5-6-9-21(20)29(17)12-7-11-26-24(25-2)28-13-10-18-14-22(30-3)23(31-4)15-19(18)16-28/h5-6,8-9,14-15H,7,10-13,16H2,1-4H3,(H,25,26). The molecule has 0 fully saturated rings. The van der Waals surface area contributed by atoms with Gasteiger partial charge in [-0.2, -0.15) is 0 Å². The van der Waals surface area contributed by atoms with Gasteiger partial charge in [-0.05, 0) is 55.2 Å². The summed E-state index contributed by atoms with van der Waals surface area (Å²) >= 11 is 0. The number of hydrogen-bond acceptors (Lipinski definition) is 4. The molecule has 2 aromatic carbocycles. The van der Waals surface area contributed by atoms with Gasteiger partial charge in [-0.25, -0.2) is 4.98 Å². The van der Waals surface area contributed by atoms with Gasteiger partial charge in [-0.3, -0.25) is 4.99 Å². The number of aliphatic imine (C=N–C) groups is 1. The molecule has 0 unspecified atom stereocenters. The molecule has 0 atom stereocenters. The average Bonchev–Trinajstić information content (AvgIpc) is 3.12. The van der Waals surface area contributed by atoms with Gasteiger partial charge in [0.25, 0.3) is 0 Å². The first kappa shape index (κ1) is 21.0. The Balaban J connectivity index is 1.36. The van der Waals surface area contributed by atoms with Crippen LogP contribution in [0.25, 0.3) is 11.0 Å². The number of nitrogens with one attached hydrogen (secondary N) is 1. The minimum atomic E-state index is 0.772. The van der Waals surface area contributed by atoms with E-state index in [1.165, 1.54) is 16.6 Å². The summed E-state index contributed by atoms with van der Waals surface area (Å²) in [5, 5.41) is 3.54. The Kier molecular flexibility index (Phi) is 6.30. The van der Waals surface area contributed by atoms with E-state index < -0.39 is 0 Å². The zero-order valence-corrected chi connectivity index (χ0v) is 18.8. The fraction of sp³-hybridized carbons (Fsp3) is 0.417. The quantitative estimate of drug-likeness (QED) is 0.376. The summed E-state index contributed by atoms with van der Waals surface area (Å²) in [6.07, 6.45) is 1.95. The first-order chi connectivity index (χ1) is 15.1. The average molecular weight is 422 g/mol. The highest BCUT2D eigenvalue weighted by Gasteiger charge is 2.21. The number of aromatic nitrogens is 2. The molecule has 0 saturated heterocycles. The lowest BCUT2D eigenvalue weighted by atomic mass is 9.99. The van der Waals surface area contributed by atoms with Crippen molar-refractivity contribution in [1.82, 2.24) is 19.8 Å². The van der Waals surface area contributed by atoms with E-state index >= 15 is 0 Å². The summed E-state index contributed by atoms with van der Waals surface area (Å²) in [5.74, 6) is 3.56. The van der Waals surface area contributed by atoms with Crippen LogP contribution in [-0.2, 0) is 19.5 Å². The van der Waals surface area contributed by atoms with E-state index in [1.807, 2.05) is 13.1 Å². The van der Waals surface area contributed by atoms with E-state index in [-0.39, 0.29) is 0 Å². The third kappa shape index (κ3) is 4.31. The number of nitrogens with zero attached hydrogens (tertiary/aromatic N) is 4. The second-order valence-corrected chi connectivity index (χ2v) is 7.77. The normalized spacial score (nSPS) is 13.9. The third-order valence-electron chi connectivity index (χ3n) is 5.92. The Labute approximate surface area is 183 Å². The Morgan fingerprint density at radius 3 is 2.61 bits per heavy atom. The molecule has 0 aliphatic carbocycles. The van der Waals surface area contributed by atoms with Gasteiger partial charge in [0, 0.05) is 33.2 Å². The Morgan fingerprint density at radius 2 is 1.87 bits per heavy atom. The molecule has 3 aromatic rings. The van der Waals surface area contributed by atoms with Crippen molar-refractivity contribution in [3.63, 3.8) is 0 Å². The number of hydrogen-bond donors (Lipinski definition) is 1. The smallest absolute Gasteiger partial charge is 0.193 e. The molecule has 1 N–H and O–H groups in total. The predicted molar refractivity (Wildman–Crippen MR) is 124 cm³/mol. The fourth-order valence-corrected chi connectivity index (χ4v) is 4.31. The highest BCUT2D eigenvalue weighted by molar-refractivity contribution is 5.80. The molecule has 31 heavy (non-hydrogen) atoms. The summed E-state index contributed by atoms with van der Waals surface area (Å²) in [5.41, 5.74) is 4.82. The second-order valence-electron chi connectivity index (χ2n) is 7.77. The third-order valence-corrected chi connectivity index (χ3v) is 5.92. The van der Waals surface area contributed by atoms with E-state index in [0.717, 1.165) is 67.8 Å². The summed E-state index contributed by atoms with van der Waals surface area (Å²) < 4.78 is 13.2. The van der Waals surface area contributed by atoms with Crippen LogP contribution in [0.1, 0.15) is 23.4 Å². The van der Waals surface area contributed by atoms with Gasteiger partial charge in [0.2, 0.25) is 0 Å². The molecule has 7 nitrogen and oxygen atoms in total. The summed E-state index contributed by atoms with van der Waals surface area (Å²) in [4.78, 5) is 11.5. The van der Waals surface area contributed by atoms with E-state index in [0.29, 0.717) is 0 Å². The van der Waals surface area contributed by atoms with E-state index in [2.05, 4.69) is 62.0 Å². The number of guanidine groups is 1. The van der Waals surface area contributed by atoms with Gasteiger partial charge in [-0.15, -0.1) is 0 Å². The van der Waals surface area contributed by atoms with Gasteiger partial charge in [-0.1, -0.05) is 12.1 Å². The molecule has 0 bridgehead atoms. The summed E-state index contributed by atoms with van der Waals surface area (Å²) in [6, 6.07) is 12.5. The Hall–Kier alpha value is -3.22. The van der Waals surface area contributed by atoms with Gasteiger partial charge in [0.15, 0.2) is 17.5 Å². The van der Waals surface area contributed by atoms with E-state index in [1.54, 1.807) is 14.2 Å². The first-order valence-electron chi connectivity index (χ1n) is 10.8. The first-order valence-corrected chi connectivity index (χ1v) is 10.8. The number of aryl methyl sites for hydroxylation is 2. The molecule has 2 heterocycles.